The number of rotatable bonds is 2. The topological polar surface area (TPSA) is 66.9 Å². The highest BCUT2D eigenvalue weighted by molar-refractivity contribution is 6.11. The zero-order chi connectivity index (χ0) is 13.2. The highest BCUT2D eigenvalue weighted by Crippen LogP contribution is 2.28. The fraction of sp³-hybridized carbons (Fsp3) is 0.0714. The Morgan fingerprint density at radius 3 is 3.00 bits per heavy atom. The van der Waals surface area contributed by atoms with E-state index >= 15 is 0 Å². The monoisotopic (exact) mass is 252 g/mol. The van der Waals surface area contributed by atoms with Gasteiger partial charge in [0, 0.05) is 12.4 Å². The van der Waals surface area contributed by atoms with Crippen molar-refractivity contribution < 1.29 is 4.79 Å². The fourth-order valence-electron chi connectivity index (χ4n) is 1.97. The van der Waals surface area contributed by atoms with Crippen LogP contribution in [0.5, 0.6) is 0 Å². The fourth-order valence-corrected chi connectivity index (χ4v) is 1.97. The number of carbonyl (C=O) groups is 1. The quantitative estimate of drug-likeness (QED) is 0.806. The first-order valence-electron chi connectivity index (χ1n) is 5.91. The van der Waals surface area contributed by atoms with Gasteiger partial charge in [-0.25, -0.2) is 9.97 Å². The Bertz CT molecular complexity index is 666. The van der Waals surface area contributed by atoms with Crippen molar-refractivity contribution in [3.05, 3.63) is 54.4 Å². The molecular formula is C14H12N4O. The molecule has 19 heavy (non-hydrogen) atoms. The van der Waals surface area contributed by atoms with Gasteiger partial charge in [0.05, 0.1) is 11.3 Å². The molecule has 5 heteroatoms. The zero-order valence-electron chi connectivity index (χ0n) is 10.2. The largest absolute Gasteiger partial charge is 0.323 e. The summed E-state index contributed by atoms with van der Waals surface area (Å²) in [7, 11) is 0. The summed E-state index contributed by atoms with van der Waals surface area (Å²) in [6.45, 7) is 3.68. The normalized spacial score (nSPS) is 12.5. The van der Waals surface area contributed by atoms with Crippen LogP contribution in [0.3, 0.4) is 0 Å². The van der Waals surface area contributed by atoms with Gasteiger partial charge in [0.1, 0.15) is 5.82 Å². The molecule has 94 valence electrons. The highest BCUT2D eigenvalue weighted by atomic mass is 16.1. The minimum atomic E-state index is -0.187. The summed E-state index contributed by atoms with van der Waals surface area (Å²) in [5, 5.41) is 5.89. The average Bonchev–Trinajstić information content (AvgIpc) is 2.56. The molecule has 2 aromatic heterocycles. The average molecular weight is 252 g/mol. The molecule has 2 N–H and O–H groups in total. The van der Waals surface area contributed by atoms with Gasteiger partial charge in [-0.05, 0) is 30.2 Å². The van der Waals surface area contributed by atoms with Crippen molar-refractivity contribution >= 4 is 23.2 Å². The third kappa shape index (κ3) is 2.06. The number of pyridine rings is 2. The van der Waals surface area contributed by atoms with Crippen molar-refractivity contribution in [2.45, 2.75) is 6.42 Å². The first kappa shape index (κ1) is 11.4. The van der Waals surface area contributed by atoms with Gasteiger partial charge < -0.3 is 10.6 Å². The SMILES string of the molecule is C=CCc1cnc2c(c1)C(=O)Nc1cccnc1N2. The predicted molar refractivity (Wildman–Crippen MR) is 73.6 cm³/mol. The number of carbonyl (C=O) groups excluding carboxylic acids is 1. The lowest BCUT2D eigenvalue weighted by molar-refractivity contribution is 0.102. The van der Waals surface area contributed by atoms with Gasteiger partial charge in [-0.2, -0.15) is 0 Å². The molecule has 1 aliphatic rings. The molecule has 0 radical (unpaired) electrons. The summed E-state index contributed by atoms with van der Waals surface area (Å²) in [4.78, 5) is 20.7. The second kappa shape index (κ2) is 4.53. The maximum absolute atomic E-state index is 12.2. The van der Waals surface area contributed by atoms with Gasteiger partial charge in [-0.3, -0.25) is 4.79 Å². The van der Waals surface area contributed by atoms with E-state index in [1.165, 1.54) is 0 Å². The van der Waals surface area contributed by atoms with Crippen molar-refractivity contribution in [3.8, 4) is 0 Å². The molecule has 3 rings (SSSR count). The molecule has 0 aromatic carbocycles. The van der Waals surface area contributed by atoms with Gasteiger partial charge in [0.25, 0.3) is 5.91 Å². The minimum absolute atomic E-state index is 0.187. The second-order valence-corrected chi connectivity index (χ2v) is 4.21. The van der Waals surface area contributed by atoms with E-state index in [2.05, 4.69) is 27.2 Å². The van der Waals surface area contributed by atoms with Crippen molar-refractivity contribution in [3.63, 3.8) is 0 Å². The van der Waals surface area contributed by atoms with E-state index in [9.17, 15) is 4.79 Å². The molecular weight excluding hydrogens is 240 g/mol. The van der Waals surface area contributed by atoms with Crippen LogP contribution in [-0.4, -0.2) is 15.9 Å². The van der Waals surface area contributed by atoms with Gasteiger partial charge in [-0.15, -0.1) is 6.58 Å². The molecule has 0 saturated carbocycles. The molecule has 0 bridgehead atoms. The van der Waals surface area contributed by atoms with Crippen LogP contribution in [0, 0.1) is 0 Å². The summed E-state index contributed by atoms with van der Waals surface area (Å²) in [6, 6.07) is 5.38. The number of hydrogen-bond acceptors (Lipinski definition) is 4. The van der Waals surface area contributed by atoms with E-state index < -0.39 is 0 Å². The van der Waals surface area contributed by atoms with Crippen LogP contribution < -0.4 is 10.6 Å². The number of fused-ring (bicyclic) bond motifs is 2. The van der Waals surface area contributed by atoms with E-state index in [1.54, 1.807) is 30.6 Å². The molecule has 0 saturated heterocycles. The standard InChI is InChI=1S/C14H12N4O/c1-2-4-9-7-10-12(16-8-9)18-13-11(17-14(10)19)5-3-6-15-13/h2-3,5-8H,1,4H2,(H,17,19)(H,15,16,18). The molecule has 0 spiro atoms. The summed E-state index contributed by atoms with van der Waals surface area (Å²) in [6.07, 6.45) is 5.85. The van der Waals surface area contributed by atoms with Gasteiger partial charge in [-0.1, -0.05) is 6.08 Å². The third-order valence-electron chi connectivity index (χ3n) is 2.86. The van der Waals surface area contributed by atoms with E-state index in [1.807, 2.05) is 6.07 Å². The molecule has 0 fully saturated rings. The number of allylic oxidation sites excluding steroid dienone is 1. The summed E-state index contributed by atoms with van der Waals surface area (Å²) in [5.74, 6) is 0.925. The molecule has 2 aromatic rings. The minimum Gasteiger partial charge on any atom is -0.323 e. The Labute approximate surface area is 110 Å². The lowest BCUT2D eigenvalue weighted by atomic mass is 10.1. The maximum Gasteiger partial charge on any atom is 0.259 e. The Morgan fingerprint density at radius 2 is 2.16 bits per heavy atom. The Balaban J connectivity index is 2.08. The van der Waals surface area contributed by atoms with E-state index in [0.717, 1.165) is 5.56 Å². The second-order valence-electron chi connectivity index (χ2n) is 4.21. The van der Waals surface area contributed by atoms with Crippen molar-refractivity contribution in [1.82, 2.24) is 9.97 Å². The van der Waals surface area contributed by atoms with Crippen LogP contribution >= 0.6 is 0 Å². The summed E-state index contributed by atoms with van der Waals surface area (Å²) in [5.41, 5.74) is 2.11. The highest BCUT2D eigenvalue weighted by Gasteiger charge is 2.20. The number of nitrogens with zero attached hydrogens (tertiary/aromatic N) is 2. The van der Waals surface area contributed by atoms with Gasteiger partial charge in [0.2, 0.25) is 0 Å². The van der Waals surface area contributed by atoms with Crippen LogP contribution in [0.2, 0.25) is 0 Å². The molecule has 1 aliphatic heterocycles. The lowest BCUT2D eigenvalue weighted by Gasteiger charge is -2.06. The van der Waals surface area contributed by atoms with Gasteiger partial charge >= 0.3 is 0 Å². The number of anilines is 3. The first-order valence-corrected chi connectivity index (χ1v) is 5.91. The number of nitrogens with one attached hydrogen (secondary N) is 2. The Morgan fingerprint density at radius 1 is 1.26 bits per heavy atom. The summed E-state index contributed by atoms with van der Waals surface area (Å²) < 4.78 is 0. The Hall–Kier alpha value is -2.69. The van der Waals surface area contributed by atoms with Crippen LogP contribution in [0.25, 0.3) is 0 Å². The van der Waals surface area contributed by atoms with Crippen molar-refractivity contribution in [1.29, 1.82) is 0 Å². The smallest absolute Gasteiger partial charge is 0.259 e. The predicted octanol–water partition coefficient (Wildman–Crippen LogP) is 2.51. The number of aromatic nitrogens is 2. The molecule has 3 heterocycles. The van der Waals surface area contributed by atoms with Crippen LogP contribution in [0.4, 0.5) is 17.3 Å². The Kier molecular flexibility index (Phi) is 2.72. The molecule has 0 aliphatic carbocycles. The van der Waals surface area contributed by atoms with E-state index in [-0.39, 0.29) is 5.91 Å². The lowest BCUT2D eigenvalue weighted by Crippen LogP contribution is -2.11. The maximum atomic E-state index is 12.2. The zero-order valence-corrected chi connectivity index (χ0v) is 10.2. The number of hydrogen-bond donors (Lipinski definition) is 2. The van der Waals surface area contributed by atoms with Crippen LogP contribution in [0.15, 0.2) is 43.2 Å². The van der Waals surface area contributed by atoms with Crippen LogP contribution in [0.1, 0.15) is 15.9 Å². The first-order chi connectivity index (χ1) is 9.28. The molecule has 0 unspecified atom stereocenters. The van der Waals surface area contributed by atoms with Gasteiger partial charge in [0.15, 0.2) is 5.82 Å². The van der Waals surface area contributed by atoms with Crippen LogP contribution in [-0.2, 0) is 6.42 Å². The van der Waals surface area contributed by atoms with Crippen molar-refractivity contribution in [2.24, 2.45) is 0 Å². The van der Waals surface area contributed by atoms with Crippen molar-refractivity contribution in [2.75, 3.05) is 10.6 Å². The van der Waals surface area contributed by atoms with E-state index in [4.69, 9.17) is 0 Å². The third-order valence-corrected chi connectivity index (χ3v) is 2.86. The summed E-state index contributed by atoms with van der Waals surface area (Å²) >= 11 is 0. The molecule has 0 atom stereocenters. The number of amides is 1. The van der Waals surface area contributed by atoms with E-state index in [0.29, 0.717) is 29.3 Å². The molecule has 1 amide bonds. The molecule has 5 nitrogen and oxygen atoms in total.